The fourth-order valence-electron chi connectivity index (χ4n) is 2.08. The van der Waals surface area contributed by atoms with Crippen LogP contribution in [0.15, 0.2) is 48.5 Å². The number of hydrogen-bond acceptors (Lipinski definition) is 2. The molecule has 2 heteroatoms. The molecule has 2 rings (SSSR count). The molecular weight excluding hydrogens is 246 g/mol. The molecular formula is C18H19NO. The normalized spacial score (nSPS) is 11.7. The second-order valence-electron chi connectivity index (χ2n) is 4.94. The molecule has 1 atom stereocenters. The average Bonchev–Trinajstić information content (AvgIpc) is 2.53. The first-order valence-corrected chi connectivity index (χ1v) is 6.95. The van der Waals surface area contributed by atoms with Gasteiger partial charge in [0.1, 0.15) is 12.4 Å². The van der Waals surface area contributed by atoms with Gasteiger partial charge in [0.2, 0.25) is 0 Å². The van der Waals surface area contributed by atoms with Crippen molar-refractivity contribution in [2.75, 3.05) is 0 Å². The largest absolute Gasteiger partial charge is 0.489 e. The summed E-state index contributed by atoms with van der Waals surface area (Å²) in [4.78, 5) is 0. The molecule has 2 aromatic carbocycles. The smallest absolute Gasteiger partial charge is 0.123 e. The summed E-state index contributed by atoms with van der Waals surface area (Å²) in [5.74, 6) is 1.44. The monoisotopic (exact) mass is 265 g/mol. The third-order valence-electron chi connectivity index (χ3n) is 3.54. The average molecular weight is 265 g/mol. The summed E-state index contributed by atoms with van der Waals surface area (Å²) in [5, 5.41) is 8.78. The molecule has 0 aliphatic heterocycles. The van der Waals surface area contributed by atoms with Crippen molar-refractivity contribution in [2.45, 2.75) is 32.8 Å². The van der Waals surface area contributed by atoms with Crippen molar-refractivity contribution in [1.29, 1.82) is 5.26 Å². The molecule has 2 nitrogen and oxygen atoms in total. The molecule has 0 bridgehead atoms. The van der Waals surface area contributed by atoms with E-state index in [1.54, 1.807) is 0 Å². The fraction of sp³-hybridized carbons (Fsp3) is 0.278. The SMILES string of the molecule is CCC(C)c1ccccc1OCc1ccc(C#N)cc1. The molecule has 0 aliphatic rings. The van der Waals surface area contributed by atoms with Gasteiger partial charge in [-0.25, -0.2) is 0 Å². The molecule has 0 heterocycles. The molecule has 0 aromatic heterocycles. The van der Waals surface area contributed by atoms with E-state index in [0.29, 0.717) is 18.1 Å². The summed E-state index contributed by atoms with van der Waals surface area (Å²) < 4.78 is 5.94. The Labute approximate surface area is 120 Å². The molecule has 0 radical (unpaired) electrons. The van der Waals surface area contributed by atoms with Gasteiger partial charge < -0.3 is 4.74 Å². The minimum absolute atomic E-state index is 0.493. The molecule has 0 N–H and O–H groups in total. The molecule has 0 saturated carbocycles. The highest BCUT2D eigenvalue weighted by molar-refractivity contribution is 5.36. The summed E-state index contributed by atoms with van der Waals surface area (Å²) in [6.45, 7) is 4.92. The first kappa shape index (κ1) is 14.1. The lowest BCUT2D eigenvalue weighted by molar-refractivity contribution is 0.301. The van der Waals surface area contributed by atoms with Crippen LogP contribution in [-0.4, -0.2) is 0 Å². The number of para-hydroxylation sites is 1. The van der Waals surface area contributed by atoms with Gasteiger partial charge in [0.25, 0.3) is 0 Å². The zero-order valence-corrected chi connectivity index (χ0v) is 12.0. The Morgan fingerprint density at radius 2 is 1.80 bits per heavy atom. The van der Waals surface area contributed by atoms with Crippen LogP contribution in [0.2, 0.25) is 0 Å². The van der Waals surface area contributed by atoms with Crippen LogP contribution in [0.3, 0.4) is 0 Å². The van der Waals surface area contributed by atoms with Crippen molar-refractivity contribution in [3.05, 3.63) is 65.2 Å². The van der Waals surface area contributed by atoms with E-state index in [9.17, 15) is 0 Å². The number of rotatable bonds is 5. The van der Waals surface area contributed by atoms with Gasteiger partial charge in [-0.1, -0.05) is 44.2 Å². The van der Waals surface area contributed by atoms with Gasteiger partial charge in [0.15, 0.2) is 0 Å². The van der Waals surface area contributed by atoms with E-state index >= 15 is 0 Å². The fourth-order valence-corrected chi connectivity index (χ4v) is 2.08. The van der Waals surface area contributed by atoms with Crippen LogP contribution >= 0.6 is 0 Å². The summed E-state index contributed by atoms with van der Waals surface area (Å²) in [5.41, 5.74) is 3.00. The molecule has 0 aliphatic carbocycles. The Hall–Kier alpha value is -2.27. The molecule has 0 fully saturated rings. The van der Waals surface area contributed by atoms with Gasteiger partial charge in [-0.05, 0) is 41.7 Å². The van der Waals surface area contributed by atoms with Crippen LogP contribution in [-0.2, 0) is 6.61 Å². The predicted molar refractivity (Wildman–Crippen MR) is 80.6 cm³/mol. The minimum Gasteiger partial charge on any atom is -0.489 e. The van der Waals surface area contributed by atoms with Gasteiger partial charge in [0, 0.05) is 0 Å². The van der Waals surface area contributed by atoms with Crippen molar-refractivity contribution >= 4 is 0 Å². The zero-order chi connectivity index (χ0) is 14.4. The Kier molecular flexibility index (Phi) is 4.79. The summed E-state index contributed by atoms with van der Waals surface area (Å²) in [6, 6.07) is 17.8. The maximum Gasteiger partial charge on any atom is 0.123 e. The van der Waals surface area contributed by atoms with Crippen molar-refractivity contribution in [1.82, 2.24) is 0 Å². The van der Waals surface area contributed by atoms with Crippen LogP contribution in [0, 0.1) is 11.3 Å². The first-order chi connectivity index (χ1) is 9.74. The Balaban J connectivity index is 2.08. The van der Waals surface area contributed by atoms with E-state index < -0.39 is 0 Å². The van der Waals surface area contributed by atoms with Gasteiger partial charge in [-0.3, -0.25) is 0 Å². The standard InChI is InChI=1S/C18H19NO/c1-3-14(2)17-6-4-5-7-18(17)20-13-16-10-8-15(12-19)9-11-16/h4-11,14H,3,13H2,1-2H3. The Bertz CT molecular complexity index is 596. The van der Waals surface area contributed by atoms with Crippen LogP contribution < -0.4 is 4.74 Å². The second kappa shape index (κ2) is 6.77. The second-order valence-corrected chi connectivity index (χ2v) is 4.94. The third-order valence-corrected chi connectivity index (χ3v) is 3.54. The molecule has 0 amide bonds. The van der Waals surface area contributed by atoms with Crippen LogP contribution in [0.4, 0.5) is 0 Å². The summed E-state index contributed by atoms with van der Waals surface area (Å²) in [6.07, 6.45) is 1.09. The van der Waals surface area contributed by atoms with Gasteiger partial charge in [-0.2, -0.15) is 5.26 Å². The van der Waals surface area contributed by atoms with Crippen molar-refractivity contribution < 1.29 is 4.74 Å². The highest BCUT2D eigenvalue weighted by atomic mass is 16.5. The quantitative estimate of drug-likeness (QED) is 0.788. The van der Waals surface area contributed by atoms with Crippen molar-refractivity contribution in [3.8, 4) is 11.8 Å². The van der Waals surface area contributed by atoms with Crippen molar-refractivity contribution in [3.63, 3.8) is 0 Å². The molecule has 0 saturated heterocycles. The lowest BCUT2D eigenvalue weighted by Gasteiger charge is -2.15. The van der Waals surface area contributed by atoms with Crippen LogP contribution in [0.1, 0.15) is 42.9 Å². The number of hydrogen-bond donors (Lipinski definition) is 0. The number of nitrogens with zero attached hydrogens (tertiary/aromatic N) is 1. The minimum atomic E-state index is 0.493. The van der Waals surface area contributed by atoms with E-state index in [-0.39, 0.29) is 0 Å². The number of nitriles is 1. The summed E-state index contributed by atoms with van der Waals surface area (Å²) >= 11 is 0. The van der Waals surface area contributed by atoms with E-state index in [1.807, 2.05) is 36.4 Å². The molecule has 102 valence electrons. The number of ether oxygens (including phenoxy) is 1. The first-order valence-electron chi connectivity index (χ1n) is 6.95. The Morgan fingerprint density at radius 3 is 2.45 bits per heavy atom. The molecule has 2 aromatic rings. The van der Waals surface area contributed by atoms with Gasteiger partial charge >= 0.3 is 0 Å². The lowest BCUT2D eigenvalue weighted by atomic mass is 9.98. The van der Waals surface area contributed by atoms with E-state index in [0.717, 1.165) is 17.7 Å². The number of benzene rings is 2. The van der Waals surface area contributed by atoms with Crippen LogP contribution in [0.25, 0.3) is 0 Å². The van der Waals surface area contributed by atoms with Gasteiger partial charge in [0.05, 0.1) is 11.6 Å². The maximum atomic E-state index is 8.78. The third kappa shape index (κ3) is 3.39. The topological polar surface area (TPSA) is 33.0 Å². The highest BCUT2D eigenvalue weighted by Crippen LogP contribution is 2.28. The lowest BCUT2D eigenvalue weighted by Crippen LogP contribution is -2.00. The predicted octanol–water partition coefficient (Wildman–Crippen LogP) is 4.65. The highest BCUT2D eigenvalue weighted by Gasteiger charge is 2.09. The Morgan fingerprint density at radius 1 is 1.10 bits per heavy atom. The van der Waals surface area contributed by atoms with Gasteiger partial charge in [-0.15, -0.1) is 0 Å². The summed E-state index contributed by atoms with van der Waals surface area (Å²) in [7, 11) is 0. The zero-order valence-electron chi connectivity index (χ0n) is 12.0. The van der Waals surface area contributed by atoms with E-state index in [1.165, 1.54) is 5.56 Å². The maximum absolute atomic E-state index is 8.78. The van der Waals surface area contributed by atoms with E-state index in [2.05, 4.69) is 32.0 Å². The molecule has 1 unspecified atom stereocenters. The van der Waals surface area contributed by atoms with Crippen LogP contribution in [0.5, 0.6) is 5.75 Å². The van der Waals surface area contributed by atoms with Crippen molar-refractivity contribution in [2.24, 2.45) is 0 Å². The molecule has 0 spiro atoms. The molecule has 20 heavy (non-hydrogen) atoms. The van der Waals surface area contributed by atoms with E-state index in [4.69, 9.17) is 10.00 Å².